The van der Waals surface area contributed by atoms with Crippen molar-refractivity contribution in [2.24, 2.45) is 5.92 Å². The van der Waals surface area contributed by atoms with E-state index in [1.807, 2.05) is 54.6 Å². The summed E-state index contributed by atoms with van der Waals surface area (Å²) in [6.07, 6.45) is 2.64. The van der Waals surface area contributed by atoms with Gasteiger partial charge in [-0.1, -0.05) is 54.6 Å². The molecule has 0 spiro atoms. The molecule has 1 amide bonds. The molecule has 0 aliphatic carbocycles. The van der Waals surface area contributed by atoms with E-state index in [4.69, 9.17) is 14.2 Å². The summed E-state index contributed by atoms with van der Waals surface area (Å²) in [7, 11) is -2.58. The molecule has 4 aliphatic rings. The second kappa shape index (κ2) is 13.6. The first kappa shape index (κ1) is 31.1. The van der Waals surface area contributed by atoms with Gasteiger partial charge in [0.2, 0.25) is 10.0 Å². The molecular formula is C34H39N3O7S. The highest BCUT2D eigenvalue weighted by Crippen LogP contribution is 2.31. The number of benzene rings is 3. The number of carbonyl (C=O) groups is 2. The number of hydrogen-bond donors (Lipinski definition) is 1. The van der Waals surface area contributed by atoms with Crippen LogP contribution in [0.1, 0.15) is 48.4 Å². The van der Waals surface area contributed by atoms with Crippen LogP contribution in [-0.2, 0) is 30.9 Å². The second-order valence-corrected chi connectivity index (χ2v) is 13.8. The Morgan fingerprint density at radius 2 is 1.64 bits per heavy atom. The number of esters is 1. The molecule has 0 saturated carbocycles. The maximum Gasteiger partial charge on any atom is 0.408 e. The van der Waals surface area contributed by atoms with Crippen molar-refractivity contribution < 1.29 is 32.2 Å². The SMILES string of the molecule is COC(=O)[C@@H]1CCCN1S(=O)(=O)c1ccc(COc2cccc([C@@H](NC(=O)O[C@H]3CN4CCC3CC4)c3ccccc3)c2)cc1. The zero-order valence-corrected chi connectivity index (χ0v) is 26.2. The summed E-state index contributed by atoms with van der Waals surface area (Å²) in [6.45, 7) is 3.43. The number of methoxy groups -OCH3 is 1. The van der Waals surface area contributed by atoms with E-state index >= 15 is 0 Å². The van der Waals surface area contributed by atoms with Gasteiger partial charge in [0, 0.05) is 13.1 Å². The maximum atomic E-state index is 13.2. The van der Waals surface area contributed by atoms with Crippen LogP contribution in [0.5, 0.6) is 5.75 Å². The van der Waals surface area contributed by atoms with Crippen molar-refractivity contribution in [3.05, 3.63) is 95.6 Å². The lowest BCUT2D eigenvalue weighted by Gasteiger charge is -2.43. The lowest BCUT2D eigenvalue weighted by atomic mass is 9.86. The van der Waals surface area contributed by atoms with Gasteiger partial charge in [-0.15, -0.1) is 0 Å². The van der Waals surface area contributed by atoms with Crippen molar-refractivity contribution in [2.75, 3.05) is 33.3 Å². The van der Waals surface area contributed by atoms with Crippen LogP contribution in [0.2, 0.25) is 0 Å². The number of nitrogens with one attached hydrogen (secondary N) is 1. The van der Waals surface area contributed by atoms with Crippen molar-refractivity contribution >= 4 is 22.1 Å². The fourth-order valence-electron chi connectivity index (χ4n) is 6.58. The third kappa shape index (κ3) is 7.00. The third-order valence-corrected chi connectivity index (χ3v) is 11.0. The maximum absolute atomic E-state index is 13.2. The molecule has 3 aromatic rings. The molecule has 3 aromatic carbocycles. The molecule has 4 aliphatic heterocycles. The summed E-state index contributed by atoms with van der Waals surface area (Å²) >= 11 is 0. The van der Waals surface area contributed by atoms with E-state index in [0.29, 0.717) is 24.5 Å². The van der Waals surface area contributed by atoms with Crippen LogP contribution in [0.25, 0.3) is 0 Å². The molecule has 2 bridgehead atoms. The monoisotopic (exact) mass is 633 g/mol. The van der Waals surface area contributed by atoms with Gasteiger partial charge in [0.25, 0.3) is 0 Å². The smallest absolute Gasteiger partial charge is 0.408 e. The van der Waals surface area contributed by atoms with Gasteiger partial charge in [0.15, 0.2) is 0 Å². The van der Waals surface area contributed by atoms with Crippen molar-refractivity contribution in [2.45, 2.75) is 55.4 Å². The number of carbonyl (C=O) groups excluding carboxylic acids is 2. The molecule has 4 heterocycles. The molecule has 0 radical (unpaired) electrons. The molecule has 1 N–H and O–H groups in total. The Labute approximate surface area is 264 Å². The molecule has 4 saturated heterocycles. The molecule has 7 rings (SSSR count). The summed E-state index contributed by atoms with van der Waals surface area (Å²) in [5.74, 6) is 0.480. The summed E-state index contributed by atoms with van der Waals surface area (Å²) in [4.78, 5) is 27.7. The molecular weight excluding hydrogens is 594 g/mol. The molecule has 11 heteroatoms. The minimum Gasteiger partial charge on any atom is -0.489 e. The van der Waals surface area contributed by atoms with Crippen molar-refractivity contribution in [3.8, 4) is 5.75 Å². The van der Waals surface area contributed by atoms with Crippen LogP contribution in [0.15, 0.2) is 83.8 Å². The Balaban J connectivity index is 1.12. The van der Waals surface area contributed by atoms with Crippen LogP contribution in [-0.4, -0.2) is 75.1 Å². The Morgan fingerprint density at radius 1 is 0.911 bits per heavy atom. The number of hydrogen-bond acceptors (Lipinski definition) is 8. The first-order valence-corrected chi connectivity index (χ1v) is 16.9. The van der Waals surface area contributed by atoms with Crippen LogP contribution >= 0.6 is 0 Å². The van der Waals surface area contributed by atoms with Gasteiger partial charge >= 0.3 is 12.1 Å². The van der Waals surface area contributed by atoms with Gasteiger partial charge in [-0.05, 0) is 85.6 Å². The molecule has 45 heavy (non-hydrogen) atoms. The number of nitrogens with zero attached hydrogens (tertiary/aromatic N) is 2. The summed E-state index contributed by atoms with van der Waals surface area (Å²) in [5, 5.41) is 3.09. The van der Waals surface area contributed by atoms with E-state index in [9.17, 15) is 18.0 Å². The van der Waals surface area contributed by atoms with Crippen LogP contribution in [0.4, 0.5) is 4.79 Å². The summed E-state index contributed by atoms with van der Waals surface area (Å²) in [5.41, 5.74) is 2.55. The fraction of sp³-hybridized carbons (Fsp3) is 0.412. The van der Waals surface area contributed by atoms with Gasteiger partial charge in [0.1, 0.15) is 24.5 Å². The number of ether oxygens (including phenoxy) is 3. The molecule has 0 aromatic heterocycles. The zero-order chi connectivity index (χ0) is 31.4. The van der Waals surface area contributed by atoms with Crippen LogP contribution in [0.3, 0.4) is 0 Å². The number of alkyl carbamates (subject to hydrolysis) is 1. The zero-order valence-electron chi connectivity index (χ0n) is 25.3. The number of sulfonamides is 1. The van der Waals surface area contributed by atoms with Gasteiger partial charge in [-0.25, -0.2) is 13.2 Å². The van der Waals surface area contributed by atoms with Crippen LogP contribution < -0.4 is 10.1 Å². The number of amides is 1. The highest BCUT2D eigenvalue weighted by molar-refractivity contribution is 7.89. The predicted molar refractivity (Wildman–Crippen MR) is 167 cm³/mol. The van der Waals surface area contributed by atoms with E-state index in [0.717, 1.165) is 49.2 Å². The van der Waals surface area contributed by atoms with Crippen molar-refractivity contribution in [3.63, 3.8) is 0 Å². The quantitative estimate of drug-likeness (QED) is 0.325. The number of rotatable bonds is 10. The van der Waals surface area contributed by atoms with E-state index in [2.05, 4.69) is 10.2 Å². The number of fused-ring (bicyclic) bond motifs is 3. The minimum atomic E-state index is -3.85. The van der Waals surface area contributed by atoms with E-state index in [-0.39, 0.29) is 24.2 Å². The minimum absolute atomic E-state index is 0.0930. The van der Waals surface area contributed by atoms with E-state index in [1.165, 1.54) is 23.5 Å². The Morgan fingerprint density at radius 3 is 2.33 bits per heavy atom. The molecule has 3 atom stereocenters. The lowest BCUT2D eigenvalue weighted by Crippen LogP contribution is -2.52. The number of piperidine rings is 3. The third-order valence-electron chi connectivity index (χ3n) is 9.05. The normalized spacial score (nSPS) is 23.7. The average Bonchev–Trinajstić information content (AvgIpc) is 3.59. The average molecular weight is 634 g/mol. The van der Waals surface area contributed by atoms with Crippen molar-refractivity contribution in [1.82, 2.24) is 14.5 Å². The highest BCUT2D eigenvalue weighted by atomic mass is 32.2. The Kier molecular flexibility index (Phi) is 9.39. The Bertz CT molecular complexity index is 1590. The topological polar surface area (TPSA) is 114 Å². The molecule has 238 valence electrons. The van der Waals surface area contributed by atoms with Crippen LogP contribution in [0, 0.1) is 5.92 Å². The van der Waals surface area contributed by atoms with Crippen molar-refractivity contribution in [1.29, 1.82) is 0 Å². The molecule has 10 nitrogen and oxygen atoms in total. The fourth-order valence-corrected chi connectivity index (χ4v) is 8.23. The van der Waals surface area contributed by atoms with Gasteiger partial charge in [0.05, 0.1) is 18.0 Å². The lowest BCUT2D eigenvalue weighted by molar-refractivity contribution is -0.144. The highest BCUT2D eigenvalue weighted by Gasteiger charge is 2.40. The molecule has 0 unspecified atom stereocenters. The summed E-state index contributed by atoms with van der Waals surface area (Å²) in [6, 6.07) is 22.6. The summed E-state index contributed by atoms with van der Waals surface area (Å²) < 4.78 is 44.5. The largest absolute Gasteiger partial charge is 0.489 e. The van der Waals surface area contributed by atoms with Gasteiger partial charge in [-0.3, -0.25) is 9.69 Å². The van der Waals surface area contributed by atoms with E-state index < -0.39 is 34.2 Å². The van der Waals surface area contributed by atoms with Gasteiger partial charge < -0.3 is 19.5 Å². The Hall–Kier alpha value is -3.93. The predicted octanol–water partition coefficient (Wildman–Crippen LogP) is 4.50. The molecule has 4 fully saturated rings. The van der Waals surface area contributed by atoms with E-state index in [1.54, 1.807) is 12.1 Å². The second-order valence-electron chi connectivity index (χ2n) is 11.9. The first-order chi connectivity index (χ1) is 21.8. The van der Waals surface area contributed by atoms with Gasteiger partial charge in [-0.2, -0.15) is 4.31 Å². The first-order valence-electron chi connectivity index (χ1n) is 15.5. The standard InChI is InChI=1S/C34H39N3O7S/c1-42-33(38)30-11-6-18-37(30)45(40,41)29-14-12-24(13-15-29)23-43-28-10-5-9-27(21-28)32(26-7-3-2-4-8-26)35-34(39)44-31-22-36-19-16-25(31)17-20-36/h2-5,7-10,12-15,21,25,30-32H,6,11,16-20,22-23H2,1H3,(H,35,39)/t30-,31-,32-/m0/s1.